The number of carboxylic acids is 1. The highest BCUT2D eigenvalue weighted by atomic mass is 32.2. The fraction of sp³-hybridized carbons (Fsp3) is 0.160. The van der Waals surface area contributed by atoms with E-state index in [4.69, 9.17) is 16.1 Å². The number of para-hydroxylation sites is 1. The first-order valence-electron chi connectivity index (χ1n) is 10.7. The number of hydrogen-bond donors (Lipinski definition) is 4. The van der Waals surface area contributed by atoms with Gasteiger partial charge in [-0.2, -0.15) is 14.6 Å². The van der Waals surface area contributed by atoms with Crippen molar-refractivity contribution in [2.45, 2.75) is 17.4 Å². The minimum atomic E-state index is -0.972. The summed E-state index contributed by atoms with van der Waals surface area (Å²) in [7, 11) is 3.98. The van der Waals surface area contributed by atoms with E-state index < -0.39 is 12.0 Å². The summed E-state index contributed by atoms with van der Waals surface area (Å²) in [6, 6.07) is 21.9. The van der Waals surface area contributed by atoms with Gasteiger partial charge in [0.1, 0.15) is 6.04 Å². The average molecular weight is 494 g/mol. The lowest BCUT2D eigenvalue weighted by Crippen LogP contribution is -2.32. The zero-order valence-electron chi connectivity index (χ0n) is 19.3. The molecule has 0 aliphatic rings. The molecule has 0 radical (unpaired) electrons. The van der Waals surface area contributed by atoms with Crippen molar-refractivity contribution in [1.82, 2.24) is 4.98 Å². The number of nitrogens with two attached hydrogens (primary N) is 1. The van der Waals surface area contributed by atoms with E-state index in [1.165, 1.54) is 0 Å². The van der Waals surface area contributed by atoms with Gasteiger partial charge in [0.05, 0.1) is 23.4 Å². The van der Waals surface area contributed by atoms with Gasteiger partial charge in [0, 0.05) is 48.2 Å². The first-order valence-corrected chi connectivity index (χ1v) is 11.4. The molecule has 0 bridgehead atoms. The predicted octanol–water partition coefficient (Wildman–Crippen LogP) is 5.79. The van der Waals surface area contributed by atoms with E-state index in [0.717, 1.165) is 50.5 Å². The summed E-state index contributed by atoms with van der Waals surface area (Å²) in [4.78, 5) is 16.5. The molecule has 0 aliphatic heterocycles. The summed E-state index contributed by atoms with van der Waals surface area (Å²) in [6.07, 6.45) is 2.16. The monoisotopic (exact) mass is 493 g/mol. The van der Waals surface area contributed by atoms with Crippen molar-refractivity contribution in [3.05, 3.63) is 84.6 Å². The third-order valence-electron chi connectivity index (χ3n) is 5.05. The Labute approximate surface area is 207 Å². The molecule has 9 nitrogen and oxygen atoms in total. The van der Waals surface area contributed by atoms with Gasteiger partial charge in [0.2, 0.25) is 0 Å². The van der Waals surface area contributed by atoms with E-state index in [0.29, 0.717) is 6.42 Å². The van der Waals surface area contributed by atoms with Crippen molar-refractivity contribution in [1.29, 1.82) is 0 Å². The normalized spacial score (nSPS) is 11.8. The number of aromatic nitrogens is 1. The van der Waals surface area contributed by atoms with Gasteiger partial charge in [0.25, 0.3) is 0 Å². The van der Waals surface area contributed by atoms with Crippen molar-refractivity contribution in [2.24, 2.45) is 16.0 Å². The van der Waals surface area contributed by atoms with Gasteiger partial charge < -0.3 is 20.7 Å². The molecular formula is C25H27N5O4S. The number of aromatic amines is 1. The van der Waals surface area contributed by atoms with Crippen LogP contribution in [0.5, 0.6) is 0 Å². The third-order valence-corrected chi connectivity index (χ3v) is 5.59. The number of aliphatic carboxylic acids is 1. The SMILES string of the molecule is CN(C)c1ccc(N=Nc2ccc(SOO)cc2)cc1.N[C@@H](Cc1c[nH]c2ccccc12)C(=O)O. The number of carbonyl (C=O) groups is 1. The Morgan fingerprint density at radius 1 is 1.03 bits per heavy atom. The number of H-pyrrole nitrogens is 1. The lowest BCUT2D eigenvalue weighted by molar-refractivity contribution is -0.138. The minimum Gasteiger partial charge on any atom is -0.480 e. The van der Waals surface area contributed by atoms with Gasteiger partial charge in [-0.1, -0.05) is 18.2 Å². The van der Waals surface area contributed by atoms with Gasteiger partial charge in [-0.05, 0) is 60.2 Å². The lowest BCUT2D eigenvalue weighted by Gasteiger charge is -2.11. The molecule has 0 unspecified atom stereocenters. The fourth-order valence-electron chi connectivity index (χ4n) is 3.17. The molecule has 1 atom stereocenters. The van der Waals surface area contributed by atoms with Crippen molar-refractivity contribution in [3.8, 4) is 0 Å². The van der Waals surface area contributed by atoms with Crippen LogP contribution in [0, 0.1) is 0 Å². The summed E-state index contributed by atoms with van der Waals surface area (Å²) in [5.41, 5.74) is 10.1. The molecular weight excluding hydrogens is 466 g/mol. The van der Waals surface area contributed by atoms with Gasteiger partial charge in [-0.25, -0.2) is 5.26 Å². The quantitative estimate of drug-likeness (QED) is 0.106. The number of anilines is 1. The summed E-state index contributed by atoms with van der Waals surface area (Å²) in [5, 5.41) is 26.4. The lowest BCUT2D eigenvalue weighted by atomic mass is 10.1. The maximum absolute atomic E-state index is 10.6. The summed E-state index contributed by atoms with van der Waals surface area (Å²) >= 11 is 0.881. The zero-order chi connectivity index (χ0) is 25.2. The van der Waals surface area contributed by atoms with Crippen LogP contribution in [-0.4, -0.2) is 41.5 Å². The van der Waals surface area contributed by atoms with Crippen LogP contribution in [0.15, 0.2) is 94.1 Å². The second-order valence-corrected chi connectivity index (χ2v) is 8.56. The van der Waals surface area contributed by atoms with Crippen molar-refractivity contribution in [2.75, 3.05) is 19.0 Å². The summed E-state index contributed by atoms with van der Waals surface area (Å²) < 4.78 is 3.99. The van der Waals surface area contributed by atoms with Crippen molar-refractivity contribution < 1.29 is 19.5 Å². The van der Waals surface area contributed by atoms with E-state index in [1.54, 1.807) is 24.3 Å². The molecule has 0 saturated heterocycles. The molecule has 1 aromatic heterocycles. The Kier molecular flexibility index (Phi) is 9.39. The Morgan fingerprint density at radius 3 is 2.20 bits per heavy atom. The van der Waals surface area contributed by atoms with Crippen LogP contribution < -0.4 is 10.6 Å². The van der Waals surface area contributed by atoms with E-state index in [-0.39, 0.29) is 0 Å². The molecule has 5 N–H and O–H groups in total. The zero-order valence-corrected chi connectivity index (χ0v) is 20.1. The van der Waals surface area contributed by atoms with Gasteiger partial charge in [-0.15, -0.1) is 0 Å². The Bertz CT molecular complexity index is 1260. The average Bonchev–Trinajstić information content (AvgIpc) is 3.27. The number of azo groups is 1. The minimum absolute atomic E-state index is 0.347. The molecule has 0 fully saturated rings. The van der Waals surface area contributed by atoms with Crippen LogP contribution in [0.3, 0.4) is 0 Å². The van der Waals surface area contributed by atoms with Gasteiger partial charge in [0.15, 0.2) is 0 Å². The van der Waals surface area contributed by atoms with E-state index in [1.807, 2.05) is 73.7 Å². The number of benzene rings is 3. The number of fused-ring (bicyclic) bond motifs is 1. The maximum Gasteiger partial charge on any atom is 0.320 e. The van der Waals surface area contributed by atoms with Crippen LogP contribution in [0.2, 0.25) is 0 Å². The van der Waals surface area contributed by atoms with Crippen LogP contribution in [0.25, 0.3) is 10.9 Å². The standard InChI is InChI=1S/C14H15N3O2S.C11H12N2O2/c1-17(2)13-7-3-11(4-8-13)15-16-12-5-9-14(10-6-12)20-19-18;12-9(11(14)15)5-7-6-13-10-4-2-1-3-8(7)10/h3-10,18H,1-2H3;1-4,6,9,13H,5,12H2,(H,14,15)/t;9-/m.0/s1. The molecule has 0 amide bonds. The number of rotatable bonds is 8. The second-order valence-electron chi connectivity index (χ2n) is 7.77. The molecule has 1 heterocycles. The summed E-state index contributed by atoms with van der Waals surface area (Å²) in [5.74, 6) is -0.972. The van der Waals surface area contributed by atoms with Crippen LogP contribution in [0.4, 0.5) is 17.1 Å². The largest absolute Gasteiger partial charge is 0.480 e. The second kappa shape index (κ2) is 12.7. The van der Waals surface area contributed by atoms with Crippen molar-refractivity contribution >= 4 is 46.0 Å². The smallest absolute Gasteiger partial charge is 0.320 e. The summed E-state index contributed by atoms with van der Waals surface area (Å²) in [6.45, 7) is 0. The Morgan fingerprint density at radius 2 is 1.63 bits per heavy atom. The Hall–Kier alpha value is -3.70. The molecule has 4 rings (SSSR count). The third kappa shape index (κ3) is 7.66. The number of carboxylic acid groups (broad SMARTS) is 1. The van der Waals surface area contributed by atoms with Crippen molar-refractivity contribution in [3.63, 3.8) is 0 Å². The van der Waals surface area contributed by atoms with Crippen LogP contribution in [0.1, 0.15) is 5.56 Å². The molecule has 10 heteroatoms. The highest BCUT2D eigenvalue weighted by Gasteiger charge is 2.14. The van der Waals surface area contributed by atoms with E-state index >= 15 is 0 Å². The molecule has 35 heavy (non-hydrogen) atoms. The first-order chi connectivity index (χ1) is 16.9. The highest BCUT2D eigenvalue weighted by molar-refractivity contribution is 7.94. The van der Waals surface area contributed by atoms with Crippen LogP contribution in [-0.2, 0) is 15.5 Å². The fourth-order valence-corrected chi connectivity index (χ4v) is 3.50. The molecule has 4 aromatic rings. The Balaban J connectivity index is 0.000000203. The molecule has 182 valence electrons. The highest BCUT2D eigenvalue weighted by Crippen LogP contribution is 2.24. The topological polar surface area (TPSA) is 137 Å². The van der Waals surface area contributed by atoms with E-state index in [2.05, 4.69) is 19.5 Å². The molecule has 0 aliphatic carbocycles. The van der Waals surface area contributed by atoms with E-state index in [9.17, 15) is 4.79 Å². The molecule has 0 spiro atoms. The first kappa shape index (κ1) is 25.9. The van der Waals surface area contributed by atoms with Gasteiger partial charge >= 0.3 is 5.97 Å². The predicted molar refractivity (Wildman–Crippen MR) is 139 cm³/mol. The maximum atomic E-state index is 10.6. The van der Waals surface area contributed by atoms with Crippen LogP contribution >= 0.6 is 12.0 Å². The number of nitrogens with zero attached hydrogens (tertiary/aromatic N) is 3. The molecule has 0 saturated carbocycles. The number of nitrogens with one attached hydrogen (secondary N) is 1. The molecule has 3 aromatic carbocycles. The van der Waals surface area contributed by atoms with Gasteiger partial charge in [-0.3, -0.25) is 4.79 Å². The number of hydrogen-bond acceptors (Lipinski definition) is 8.